The molecule has 30 heavy (non-hydrogen) atoms. The van der Waals surface area contributed by atoms with Gasteiger partial charge in [-0.05, 0) is 61.9 Å². The molecular weight excluding hydrogens is 450 g/mol. The highest BCUT2D eigenvalue weighted by Gasteiger charge is 2.13. The van der Waals surface area contributed by atoms with Crippen molar-refractivity contribution in [3.63, 3.8) is 0 Å². The van der Waals surface area contributed by atoms with Gasteiger partial charge >= 0.3 is 5.91 Å². The monoisotopic (exact) mass is 471 g/mol. The highest BCUT2D eigenvalue weighted by atomic mass is 79.9. The third kappa shape index (κ3) is 6.12. The van der Waals surface area contributed by atoms with Crippen molar-refractivity contribution in [2.75, 3.05) is 11.9 Å². The summed E-state index contributed by atoms with van der Waals surface area (Å²) in [6, 6.07) is 16.5. The van der Waals surface area contributed by atoms with E-state index in [1.54, 1.807) is 6.07 Å². The molecule has 3 N–H and O–H groups in total. The summed E-state index contributed by atoms with van der Waals surface area (Å²) in [5.74, 6) is 0.320. The fourth-order valence-corrected chi connectivity index (χ4v) is 2.95. The lowest BCUT2D eigenvalue weighted by Gasteiger charge is -2.11. The summed E-state index contributed by atoms with van der Waals surface area (Å²) < 4.78 is 12.0. The average Bonchev–Trinajstić information content (AvgIpc) is 3.20. The van der Waals surface area contributed by atoms with E-state index >= 15 is 0 Å². The number of aryl methyl sites for hydroxylation is 2. The van der Waals surface area contributed by atoms with Gasteiger partial charge in [-0.1, -0.05) is 33.6 Å². The molecule has 0 unspecified atom stereocenters. The first kappa shape index (κ1) is 21.4. The molecule has 2 aromatic carbocycles. The van der Waals surface area contributed by atoms with Gasteiger partial charge in [0.2, 0.25) is 0 Å². The van der Waals surface area contributed by atoms with Crippen LogP contribution < -0.4 is 20.9 Å². The molecule has 0 bridgehead atoms. The molecule has 8 heteroatoms. The number of benzene rings is 2. The lowest BCUT2D eigenvalue weighted by Crippen LogP contribution is -2.44. The van der Waals surface area contributed by atoms with Gasteiger partial charge < -0.3 is 14.5 Å². The van der Waals surface area contributed by atoms with Crippen LogP contribution >= 0.6 is 15.9 Å². The maximum Gasteiger partial charge on any atom is 0.305 e. The van der Waals surface area contributed by atoms with E-state index in [4.69, 9.17) is 9.15 Å². The number of nitrogens with one attached hydrogen (secondary N) is 3. The first-order valence-electron chi connectivity index (χ1n) is 9.28. The van der Waals surface area contributed by atoms with E-state index in [2.05, 4.69) is 32.1 Å². The Labute approximate surface area is 182 Å². The van der Waals surface area contributed by atoms with Crippen molar-refractivity contribution in [2.45, 2.75) is 20.5 Å². The molecule has 0 aliphatic heterocycles. The fraction of sp³-hybridized carbons (Fsp3) is 0.182. The normalized spacial score (nSPS) is 10.4. The van der Waals surface area contributed by atoms with E-state index < -0.39 is 5.91 Å². The SMILES string of the molecule is Cc1ccc(NCC(=O)NNC(=O)c2ccc(COc3ccc(Br)cc3)o2)c(C)c1. The average molecular weight is 472 g/mol. The van der Waals surface area contributed by atoms with Crippen LogP contribution in [0.15, 0.2) is 63.5 Å². The van der Waals surface area contributed by atoms with E-state index in [1.165, 1.54) is 6.07 Å². The summed E-state index contributed by atoms with van der Waals surface area (Å²) in [5.41, 5.74) is 7.75. The van der Waals surface area contributed by atoms with Crippen LogP contribution in [-0.2, 0) is 11.4 Å². The zero-order chi connectivity index (χ0) is 21.5. The number of hydrogen-bond acceptors (Lipinski definition) is 5. The van der Waals surface area contributed by atoms with Gasteiger partial charge in [0.25, 0.3) is 5.91 Å². The molecule has 2 amide bonds. The number of rotatable bonds is 7. The van der Waals surface area contributed by atoms with E-state index in [9.17, 15) is 9.59 Å². The summed E-state index contributed by atoms with van der Waals surface area (Å²) in [6.07, 6.45) is 0. The van der Waals surface area contributed by atoms with Gasteiger partial charge in [0.15, 0.2) is 5.76 Å². The minimum atomic E-state index is -0.551. The van der Waals surface area contributed by atoms with Gasteiger partial charge in [-0.25, -0.2) is 0 Å². The lowest BCUT2D eigenvalue weighted by atomic mass is 10.1. The third-order valence-electron chi connectivity index (χ3n) is 4.22. The van der Waals surface area contributed by atoms with E-state index in [1.807, 2.05) is 56.3 Å². The van der Waals surface area contributed by atoms with Crippen LogP contribution in [0.3, 0.4) is 0 Å². The van der Waals surface area contributed by atoms with Crippen LogP contribution in [0.5, 0.6) is 5.75 Å². The van der Waals surface area contributed by atoms with Crippen molar-refractivity contribution in [2.24, 2.45) is 0 Å². The molecule has 156 valence electrons. The van der Waals surface area contributed by atoms with Crippen LogP contribution in [0.4, 0.5) is 5.69 Å². The molecule has 0 saturated heterocycles. The third-order valence-corrected chi connectivity index (χ3v) is 4.75. The summed E-state index contributed by atoms with van der Waals surface area (Å²) in [5, 5.41) is 3.04. The molecule has 0 spiro atoms. The molecule has 0 fully saturated rings. The molecule has 1 aromatic heterocycles. The Morgan fingerprint density at radius 3 is 2.50 bits per heavy atom. The maximum absolute atomic E-state index is 12.2. The zero-order valence-corrected chi connectivity index (χ0v) is 18.2. The van der Waals surface area contributed by atoms with Gasteiger partial charge in [0, 0.05) is 10.2 Å². The Hall–Kier alpha value is -3.26. The van der Waals surface area contributed by atoms with Crippen LogP contribution in [-0.4, -0.2) is 18.4 Å². The molecular formula is C22H22BrN3O4. The Morgan fingerprint density at radius 1 is 1.00 bits per heavy atom. The van der Waals surface area contributed by atoms with Crippen LogP contribution in [0.2, 0.25) is 0 Å². The Balaban J connectivity index is 1.43. The molecule has 7 nitrogen and oxygen atoms in total. The molecule has 0 aliphatic carbocycles. The van der Waals surface area contributed by atoms with E-state index in [0.29, 0.717) is 11.5 Å². The minimum absolute atomic E-state index is 0.0224. The van der Waals surface area contributed by atoms with Crippen molar-refractivity contribution in [3.8, 4) is 5.75 Å². The molecule has 3 aromatic rings. The minimum Gasteiger partial charge on any atom is -0.486 e. The van der Waals surface area contributed by atoms with E-state index in [-0.39, 0.29) is 24.8 Å². The van der Waals surface area contributed by atoms with Gasteiger partial charge in [0.05, 0.1) is 6.54 Å². The maximum atomic E-state index is 12.2. The summed E-state index contributed by atoms with van der Waals surface area (Å²) >= 11 is 3.36. The van der Waals surface area contributed by atoms with Crippen molar-refractivity contribution in [3.05, 3.63) is 81.7 Å². The molecule has 0 saturated carbocycles. The van der Waals surface area contributed by atoms with Crippen molar-refractivity contribution in [1.82, 2.24) is 10.9 Å². The zero-order valence-electron chi connectivity index (χ0n) is 16.6. The second-order valence-corrected chi connectivity index (χ2v) is 7.60. The second kappa shape index (κ2) is 9.98. The second-order valence-electron chi connectivity index (χ2n) is 6.68. The molecule has 0 atom stereocenters. The quantitative estimate of drug-likeness (QED) is 0.450. The molecule has 3 rings (SSSR count). The fourth-order valence-electron chi connectivity index (χ4n) is 2.68. The van der Waals surface area contributed by atoms with Gasteiger partial charge in [-0.15, -0.1) is 0 Å². The van der Waals surface area contributed by atoms with Crippen LogP contribution in [0, 0.1) is 13.8 Å². The first-order valence-corrected chi connectivity index (χ1v) is 10.1. The van der Waals surface area contributed by atoms with Crippen molar-refractivity contribution < 1.29 is 18.7 Å². The number of halogens is 1. The van der Waals surface area contributed by atoms with E-state index in [0.717, 1.165) is 21.3 Å². The number of carbonyl (C=O) groups is 2. The first-order chi connectivity index (χ1) is 14.4. The predicted octanol–water partition coefficient (Wildman–Crippen LogP) is 4.11. The number of furan rings is 1. The smallest absolute Gasteiger partial charge is 0.305 e. The van der Waals surface area contributed by atoms with Gasteiger partial charge in [-0.2, -0.15) is 0 Å². The highest BCUT2D eigenvalue weighted by Crippen LogP contribution is 2.18. The van der Waals surface area contributed by atoms with Gasteiger partial charge in [-0.3, -0.25) is 20.4 Å². The Kier molecular flexibility index (Phi) is 7.13. The number of carbonyl (C=O) groups excluding carboxylic acids is 2. The molecule has 0 aliphatic rings. The summed E-state index contributed by atoms with van der Waals surface area (Å²) in [6.45, 7) is 4.17. The van der Waals surface area contributed by atoms with Crippen LogP contribution in [0.1, 0.15) is 27.4 Å². The van der Waals surface area contributed by atoms with Crippen molar-refractivity contribution in [1.29, 1.82) is 0 Å². The standard InChI is InChI=1S/C22H22BrN3O4/c1-14-3-9-19(15(2)11-14)24-12-21(27)25-26-22(28)20-10-8-18(30-20)13-29-17-6-4-16(23)5-7-17/h3-11,24H,12-13H2,1-2H3,(H,25,27)(H,26,28). The number of hydrazine groups is 1. The van der Waals surface area contributed by atoms with Crippen LogP contribution in [0.25, 0.3) is 0 Å². The largest absolute Gasteiger partial charge is 0.486 e. The highest BCUT2D eigenvalue weighted by molar-refractivity contribution is 9.10. The summed E-state index contributed by atoms with van der Waals surface area (Å²) in [4.78, 5) is 24.1. The Morgan fingerprint density at radius 2 is 1.77 bits per heavy atom. The number of ether oxygens (including phenoxy) is 1. The summed E-state index contributed by atoms with van der Waals surface area (Å²) in [7, 11) is 0. The predicted molar refractivity (Wildman–Crippen MR) is 117 cm³/mol. The van der Waals surface area contributed by atoms with Crippen molar-refractivity contribution >= 4 is 33.4 Å². The number of hydrogen-bond donors (Lipinski definition) is 3. The molecule has 0 radical (unpaired) electrons. The number of anilines is 1. The topological polar surface area (TPSA) is 92.6 Å². The molecule has 1 heterocycles. The lowest BCUT2D eigenvalue weighted by molar-refractivity contribution is -0.120. The Bertz CT molecular complexity index is 1030. The number of amides is 2. The van der Waals surface area contributed by atoms with Gasteiger partial charge in [0.1, 0.15) is 18.1 Å².